The maximum Gasteiger partial charge on any atom is 1.00 e. The fourth-order valence-electron chi connectivity index (χ4n) is 0.0680. The van der Waals surface area contributed by atoms with Crippen LogP contribution >= 0.6 is 0 Å². The van der Waals surface area contributed by atoms with Crippen molar-refractivity contribution in [1.82, 2.24) is 0 Å². The van der Waals surface area contributed by atoms with Crippen molar-refractivity contribution in [3.8, 4) is 0 Å². The molecule has 0 spiro atoms. The summed E-state index contributed by atoms with van der Waals surface area (Å²) in [5, 5.41) is 0. The second-order valence-corrected chi connectivity index (χ2v) is 1.27. The van der Waals surface area contributed by atoms with Gasteiger partial charge in [-0.25, -0.2) is 0 Å². The van der Waals surface area contributed by atoms with Gasteiger partial charge in [0.2, 0.25) is 0 Å². The van der Waals surface area contributed by atoms with E-state index in [0.29, 0.717) is 0 Å². The summed E-state index contributed by atoms with van der Waals surface area (Å²) in [6.45, 7) is 3.00. The van der Waals surface area contributed by atoms with E-state index in [1.807, 2.05) is 0 Å². The molecule has 0 aromatic rings. The van der Waals surface area contributed by atoms with Crippen LogP contribution in [0.15, 0.2) is 12.8 Å². The first-order chi connectivity index (χ1) is 2.77. The van der Waals surface area contributed by atoms with Gasteiger partial charge in [0.05, 0.1) is 0 Å². The minimum atomic E-state index is -3.00. The molecule has 0 aliphatic heterocycles. The van der Waals surface area contributed by atoms with Crippen LogP contribution < -0.4 is 23.7 Å². The molecule has 0 unspecified atom stereocenters. The Bertz CT molecular complexity index is 73.3. The van der Waals surface area contributed by atoms with Crippen molar-refractivity contribution in [2.45, 2.75) is 0 Å². The van der Waals surface area contributed by atoms with Crippen molar-refractivity contribution in [3.63, 3.8) is 0 Å². The summed E-state index contributed by atoms with van der Waals surface area (Å²) in [6.07, 6.45) is 0.869. The van der Waals surface area contributed by atoms with Gasteiger partial charge < -0.3 is 13.7 Å². The Morgan fingerprint density at radius 1 is 1.86 bits per heavy atom. The van der Waals surface area contributed by atoms with Gasteiger partial charge in [-0.2, -0.15) is 0 Å². The predicted molar refractivity (Wildman–Crippen MR) is 17.7 cm³/mol. The Morgan fingerprint density at radius 2 is 2.29 bits per heavy atom. The molecule has 7 heavy (non-hydrogen) atoms. The molecule has 0 N–H and O–H groups in total. The van der Waals surface area contributed by atoms with Gasteiger partial charge in [0.1, 0.15) is 0 Å². The SMILES string of the molecule is C=CO[Si](=O)[O-].[Li+]. The predicted octanol–water partition coefficient (Wildman–Crippen LogP) is -4.07. The zero-order chi connectivity index (χ0) is 4.99. The fraction of sp³-hybridized carbons (Fsp3) is 0. The standard InChI is InChI=1S/C2H3O3Si.Li/c1-2-5-6(3)4;/h2H,1H2;/q-1;+1. The van der Waals surface area contributed by atoms with Crippen LogP contribution in [-0.2, 0) is 8.89 Å². The monoisotopic (exact) mass is 110 g/mol. The van der Waals surface area contributed by atoms with Crippen LogP contribution in [0, 0.1) is 0 Å². The average Bonchev–Trinajstić information content (AvgIpc) is 1.35. The van der Waals surface area contributed by atoms with Crippen LogP contribution in [-0.4, -0.2) is 9.17 Å². The minimum absolute atomic E-state index is 0. The quantitative estimate of drug-likeness (QED) is 0.268. The van der Waals surface area contributed by atoms with Gasteiger partial charge in [-0.05, 0) is 6.26 Å². The Hall–Kier alpha value is -0.0457. The number of hydrogen-bond donors (Lipinski definition) is 0. The van der Waals surface area contributed by atoms with Crippen molar-refractivity contribution in [3.05, 3.63) is 12.8 Å². The molecular formula is C2H3LiO3Si. The maximum atomic E-state index is 9.38. The van der Waals surface area contributed by atoms with Crippen molar-refractivity contribution in [1.29, 1.82) is 0 Å². The van der Waals surface area contributed by atoms with Crippen LogP contribution in [0.2, 0.25) is 0 Å². The largest absolute Gasteiger partial charge is 1.00 e. The van der Waals surface area contributed by atoms with E-state index in [-0.39, 0.29) is 18.9 Å². The third-order valence-corrected chi connectivity index (χ3v) is 0.539. The third-order valence-electron chi connectivity index (χ3n) is 0.180. The molecule has 0 saturated heterocycles. The molecule has 0 heterocycles. The van der Waals surface area contributed by atoms with Crippen molar-refractivity contribution < 1.29 is 32.5 Å². The first kappa shape index (κ1) is 10.0. The summed E-state index contributed by atoms with van der Waals surface area (Å²) in [5.74, 6) is 0. The molecule has 34 valence electrons. The average molecular weight is 110 g/mol. The smallest absolute Gasteiger partial charge is 0.562 e. The molecule has 0 bridgehead atoms. The van der Waals surface area contributed by atoms with Gasteiger partial charge >= 0.3 is 28.0 Å². The molecule has 0 atom stereocenters. The summed E-state index contributed by atoms with van der Waals surface area (Å²) in [4.78, 5) is 9.38. The van der Waals surface area contributed by atoms with Crippen LogP contribution in [0.5, 0.6) is 0 Å². The summed E-state index contributed by atoms with van der Waals surface area (Å²) in [7, 11) is -3.00. The van der Waals surface area contributed by atoms with Crippen molar-refractivity contribution in [2.24, 2.45) is 0 Å². The van der Waals surface area contributed by atoms with Crippen LogP contribution in [0.3, 0.4) is 0 Å². The second kappa shape index (κ2) is 5.95. The first-order valence-corrected chi connectivity index (χ1v) is 2.48. The Labute approximate surface area is 55.1 Å². The molecule has 0 aromatic heterocycles. The maximum absolute atomic E-state index is 9.38. The Morgan fingerprint density at radius 3 is 2.29 bits per heavy atom. The number of rotatable bonds is 2. The van der Waals surface area contributed by atoms with Gasteiger partial charge in [-0.15, -0.1) is 0 Å². The molecule has 0 aliphatic carbocycles. The Kier molecular flexibility index (Phi) is 8.54. The molecule has 0 amide bonds. The molecule has 0 aromatic carbocycles. The van der Waals surface area contributed by atoms with Crippen LogP contribution in [0.25, 0.3) is 0 Å². The van der Waals surface area contributed by atoms with Crippen molar-refractivity contribution >= 4 is 9.17 Å². The van der Waals surface area contributed by atoms with Gasteiger partial charge in [-0.1, -0.05) is 6.58 Å². The first-order valence-electron chi connectivity index (χ1n) is 1.26. The molecule has 3 nitrogen and oxygen atoms in total. The van der Waals surface area contributed by atoms with Gasteiger partial charge in [0.25, 0.3) is 0 Å². The van der Waals surface area contributed by atoms with E-state index in [0.717, 1.165) is 6.26 Å². The molecule has 0 aliphatic rings. The van der Waals surface area contributed by atoms with Gasteiger partial charge in [0, 0.05) is 0 Å². The molecule has 0 rings (SSSR count). The van der Waals surface area contributed by atoms with Crippen LogP contribution in [0.1, 0.15) is 0 Å². The van der Waals surface area contributed by atoms with E-state index in [2.05, 4.69) is 11.0 Å². The molecule has 5 heteroatoms. The fourth-order valence-corrected chi connectivity index (χ4v) is 0.204. The third kappa shape index (κ3) is 10.7. The van der Waals surface area contributed by atoms with E-state index in [9.17, 15) is 9.26 Å². The normalized spacial score (nSPS) is 5.71. The summed E-state index contributed by atoms with van der Waals surface area (Å²) >= 11 is 0. The van der Waals surface area contributed by atoms with E-state index >= 15 is 0 Å². The van der Waals surface area contributed by atoms with Gasteiger partial charge in [-0.3, -0.25) is 0 Å². The molecule has 0 radical (unpaired) electrons. The van der Waals surface area contributed by atoms with Crippen LogP contribution in [0.4, 0.5) is 0 Å². The van der Waals surface area contributed by atoms with E-state index in [4.69, 9.17) is 0 Å². The molecular weight excluding hydrogens is 107 g/mol. The van der Waals surface area contributed by atoms with E-state index < -0.39 is 9.17 Å². The molecule has 0 fully saturated rings. The summed E-state index contributed by atoms with van der Waals surface area (Å²) in [6, 6.07) is 0. The Balaban J connectivity index is 0. The summed E-state index contributed by atoms with van der Waals surface area (Å²) in [5.41, 5.74) is 0. The van der Waals surface area contributed by atoms with E-state index in [1.165, 1.54) is 0 Å². The molecule has 0 saturated carbocycles. The topological polar surface area (TPSA) is 49.4 Å². The second-order valence-electron chi connectivity index (χ2n) is 0.535. The summed E-state index contributed by atoms with van der Waals surface area (Å²) < 4.78 is 13.2. The zero-order valence-electron chi connectivity index (χ0n) is 4.01. The minimum Gasteiger partial charge on any atom is -0.562 e. The van der Waals surface area contributed by atoms with Crippen molar-refractivity contribution in [2.75, 3.05) is 0 Å². The number of hydrogen-bond acceptors (Lipinski definition) is 3. The van der Waals surface area contributed by atoms with Gasteiger partial charge in [0.15, 0.2) is 0 Å². The van der Waals surface area contributed by atoms with E-state index in [1.54, 1.807) is 0 Å². The zero-order valence-corrected chi connectivity index (χ0v) is 5.01.